The summed E-state index contributed by atoms with van der Waals surface area (Å²) in [5.41, 5.74) is 0. The van der Waals surface area contributed by atoms with Gasteiger partial charge in [-0.1, -0.05) is 6.08 Å². The Bertz CT molecular complexity index is 192. The maximum Gasteiger partial charge on any atom is 0.138 e. The Morgan fingerprint density at radius 1 is 1.90 bits per heavy atom. The second kappa shape index (κ2) is 3.03. The molecule has 0 fully saturated rings. The smallest absolute Gasteiger partial charge is 0.138 e. The highest BCUT2D eigenvalue weighted by Gasteiger charge is 1.96. The van der Waals surface area contributed by atoms with Crippen LogP contribution in [0.3, 0.4) is 0 Å². The molecule has 0 bridgehead atoms. The highest BCUT2D eigenvalue weighted by molar-refractivity contribution is 5.34. The molecule has 0 saturated heterocycles. The van der Waals surface area contributed by atoms with Crippen molar-refractivity contribution in [3.05, 3.63) is 24.9 Å². The van der Waals surface area contributed by atoms with E-state index in [4.69, 9.17) is 5.84 Å². The van der Waals surface area contributed by atoms with E-state index in [0.717, 1.165) is 5.82 Å². The molecule has 54 valence electrons. The second-order valence-corrected chi connectivity index (χ2v) is 1.88. The van der Waals surface area contributed by atoms with Gasteiger partial charge in [-0.3, -0.25) is 10.1 Å². The summed E-state index contributed by atoms with van der Waals surface area (Å²) in [6.07, 6.45) is 3.37. The van der Waals surface area contributed by atoms with Crippen molar-refractivity contribution in [3.63, 3.8) is 0 Å². The largest absolute Gasteiger partial charge is 0.291 e. The van der Waals surface area contributed by atoms with Crippen LogP contribution in [0.1, 0.15) is 0 Å². The molecule has 0 aliphatic carbocycles. The first-order valence-corrected chi connectivity index (χ1v) is 2.97. The molecular weight excluding hydrogens is 128 g/mol. The Balaban J connectivity index is 2.58. The van der Waals surface area contributed by atoms with Crippen LogP contribution in [-0.4, -0.2) is 16.7 Å². The lowest BCUT2D eigenvalue weighted by molar-refractivity contribution is 0.898. The average Bonchev–Trinajstić information content (AvgIpc) is 2.38. The number of rotatable bonds is 3. The van der Waals surface area contributed by atoms with E-state index in [1.165, 1.54) is 5.01 Å². The average molecular weight is 138 g/mol. The normalized spacial score (nSPS) is 9.30. The van der Waals surface area contributed by atoms with Crippen molar-refractivity contribution in [2.45, 2.75) is 0 Å². The molecule has 0 aromatic carbocycles. The third-order valence-electron chi connectivity index (χ3n) is 1.12. The zero-order valence-corrected chi connectivity index (χ0v) is 5.62. The van der Waals surface area contributed by atoms with Crippen molar-refractivity contribution in [1.82, 2.24) is 10.2 Å². The van der Waals surface area contributed by atoms with E-state index < -0.39 is 0 Å². The summed E-state index contributed by atoms with van der Waals surface area (Å²) in [6.45, 7) is 4.17. The van der Waals surface area contributed by atoms with Gasteiger partial charge in [0.1, 0.15) is 5.82 Å². The van der Waals surface area contributed by atoms with Gasteiger partial charge in [-0.2, -0.15) is 5.10 Å². The monoisotopic (exact) mass is 138 g/mol. The molecule has 3 N–H and O–H groups in total. The van der Waals surface area contributed by atoms with Crippen LogP contribution in [0.2, 0.25) is 0 Å². The molecule has 0 aliphatic heterocycles. The molecular formula is C6H10N4. The first-order valence-electron chi connectivity index (χ1n) is 2.97. The lowest BCUT2D eigenvalue weighted by Crippen LogP contribution is -2.30. The predicted molar refractivity (Wildman–Crippen MR) is 40.3 cm³/mol. The summed E-state index contributed by atoms with van der Waals surface area (Å²) in [4.78, 5) is 0. The Hall–Kier alpha value is -1.29. The number of nitrogens with two attached hydrogens (primary N) is 1. The molecule has 1 rings (SSSR count). The van der Waals surface area contributed by atoms with Gasteiger partial charge in [-0.15, -0.1) is 6.58 Å². The molecule has 1 aromatic heterocycles. The quantitative estimate of drug-likeness (QED) is 0.358. The SMILES string of the molecule is C=CCN(N)c1ccn[nH]1. The summed E-state index contributed by atoms with van der Waals surface area (Å²) in [5.74, 6) is 6.33. The Kier molecular flexibility index (Phi) is 2.07. The maximum atomic E-state index is 5.54. The van der Waals surface area contributed by atoms with E-state index in [1.807, 2.05) is 0 Å². The van der Waals surface area contributed by atoms with Crippen LogP contribution in [0.25, 0.3) is 0 Å². The first-order chi connectivity index (χ1) is 4.84. The summed E-state index contributed by atoms with van der Waals surface area (Å²) in [7, 11) is 0. The van der Waals surface area contributed by atoms with E-state index in [9.17, 15) is 0 Å². The Labute approximate surface area is 59.3 Å². The van der Waals surface area contributed by atoms with Gasteiger partial charge in [-0.05, 0) is 0 Å². The van der Waals surface area contributed by atoms with Crippen molar-refractivity contribution >= 4 is 5.82 Å². The van der Waals surface area contributed by atoms with Crippen LogP contribution in [0, 0.1) is 0 Å². The van der Waals surface area contributed by atoms with Crippen LogP contribution in [0.5, 0.6) is 0 Å². The van der Waals surface area contributed by atoms with E-state index in [2.05, 4.69) is 16.8 Å². The molecule has 4 nitrogen and oxygen atoms in total. The van der Waals surface area contributed by atoms with E-state index >= 15 is 0 Å². The standard InChI is InChI=1S/C6H10N4/c1-2-5-10(7)6-3-4-8-9-6/h2-4H,1,5,7H2,(H,8,9). The zero-order valence-electron chi connectivity index (χ0n) is 5.62. The fraction of sp³-hybridized carbons (Fsp3) is 0.167. The Morgan fingerprint density at radius 2 is 2.70 bits per heavy atom. The molecule has 0 saturated carbocycles. The summed E-state index contributed by atoms with van der Waals surface area (Å²) < 4.78 is 0. The molecule has 0 unspecified atom stereocenters. The van der Waals surface area contributed by atoms with E-state index in [-0.39, 0.29) is 0 Å². The van der Waals surface area contributed by atoms with Crippen LogP contribution < -0.4 is 10.9 Å². The van der Waals surface area contributed by atoms with Crippen molar-refractivity contribution < 1.29 is 0 Å². The summed E-state index contributed by atoms with van der Waals surface area (Å²) in [5, 5.41) is 8.00. The molecule has 0 spiro atoms. The van der Waals surface area contributed by atoms with Gasteiger partial charge in [0, 0.05) is 6.07 Å². The minimum Gasteiger partial charge on any atom is -0.291 e. The molecule has 0 amide bonds. The summed E-state index contributed by atoms with van der Waals surface area (Å²) >= 11 is 0. The van der Waals surface area contributed by atoms with Crippen molar-refractivity contribution in [1.29, 1.82) is 0 Å². The highest BCUT2D eigenvalue weighted by atomic mass is 15.4. The van der Waals surface area contributed by atoms with Crippen LogP contribution in [-0.2, 0) is 0 Å². The number of nitrogens with zero attached hydrogens (tertiary/aromatic N) is 2. The minimum atomic E-state index is 0.613. The van der Waals surface area contributed by atoms with Crippen molar-refractivity contribution in [2.75, 3.05) is 11.6 Å². The lowest BCUT2D eigenvalue weighted by Gasteiger charge is -2.12. The molecule has 1 heterocycles. The number of anilines is 1. The fourth-order valence-electron chi connectivity index (χ4n) is 0.646. The van der Waals surface area contributed by atoms with Crippen LogP contribution in [0.15, 0.2) is 24.9 Å². The van der Waals surface area contributed by atoms with Crippen LogP contribution >= 0.6 is 0 Å². The number of aromatic amines is 1. The number of hydrazine groups is 1. The Morgan fingerprint density at radius 3 is 3.20 bits per heavy atom. The van der Waals surface area contributed by atoms with Crippen molar-refractivity contribution in [3.8, 4) is 0 Å². The van der Waals surface area contributed by atoms with Gasteiger partial charge < -0.3 is 0 Å². The highest BCUT2D eigenvalue weighted by Crippen LogP contribution is 2.01. The van der Waals surface area contributed by atoms with Crippen LogP contribution in [0.4, 0.5) is 5.82 Å². The number of nitrogens with one attached hydrogen (secondary N) is 1. The number of aromatic nitrogens is 2. The van der Waals surface area contributed by atoms with Gasteiger partial charge in [0.05, 0.1) is 12.7 Å². The van der Waals surface area contributed by atoms with Gasteiger partial charge in [-0.25, -0.2) is 5.84 Å². The molecule has 0 aliphatic rings. The number of hydrogen-bond donors (Lipinski definition) is 2. The topological polar surface area (TPSA) is 57.9 Å². The van der Waals surface area contributed by atoms with E-state index in [0.29, 0.717) is 6.54 Å². The minimum absolute atomic E-state index is 0.613. The zero-order chi connectivity index (χ0) is 7.40. The van der Waals surface area contributed by atoms with E-state index in [1.54, 1.807) is 18.3 Å². The molecule has 0 radical (unpaired) electrons. The third kappa shape index (κ3) is 1.35. The molecule has 10 heavy (non-hydrogen) atoms. The molecule has 1 aromatic rings. The maximum absolute atomic E-state index is 5.54. The van der Waals surface area contributed by atoms with Gasteiger partial charge in [0.2, 0.25) is 0 Å². The van der Waals surface area contributed by atoms with Gasteiger partial charge in [0.25, 0.3) is 0 Å². The lowest BCUT2D eigenvalue weighted by atomic mass is 10.5. The second-order valence-electron chi connectivity index (χ2n) is 1.88. The predicted octanol–water partition coefficient (Wildman–Crippen LogP) is 0.276. The first kappa shape index (κ1) is 6.82. The fourth-order valence-corrected chi connectivity index (χ4v) is 0.646. The number of hydrogen-bond acceptors (Lipinski definition) is 3. The molecule has 0 atom stereocenters. The van der Waals surface area contributed by atoms with Gasteiger partial charge >= 0.3 is 0 Å². The summed E-state index contributed by atoms with van der Waals surface area (Å²) in [6, 6.07) is 1.80. The molecule has 4 heteroatoms. The van der Waals surface area contributed by atoms with Gasteiger partial charge in [0.15, 0.2) is 0 Å². The number of H-pyrrole nitrogens is 1. The van der Waals surface area contributed by atoms with Crippen molar-refractivity contribution in [2.24, 2.45) is 5.84 Å². The third-order valence-corrected chi connectivity index (χ3v) is 1.12.